The Morgan fingerprint density at radius 3 is 2.11 bits per heavy atom. The number of benzene rings is 1. The van der Waals surface area contributed by atoms with Crippen molar-refractivity contribution in [3.8, 4) is 0 Å². The summed E-state index contributed by atoms with van der Waals surface area (Å²) in [5.41, 5.74) is -4.77. The summed E-state index contributed by atoms with van der Waals surface area (Å²) in [5, 5.41) is 8.36. The maximum atomic E-state index is 13.2. The van der Waals surface area contributed by atoms with Gasteiger partial charge in [-0.25, -0.2) is 4.79 Å². The van der Waals surface area contributed by atoms with Crippen molar-refractivity contribution in [2.75, 3.05) is 0 Å². The number of halogens is 2. The minimum atomic E-state index is -5.58. The molecule has 0 spiro atoms. The van der Waals surface area contributed by atoms with E-state index in [2.05, 4.69) is 0 Å². The van der Waals surface area contributed by atoms with E-state index in [1.54, 1.807) is 0 Å². The molecule has 0 aromatic heterocycles. The number of hydrogen-bond donors (Lipinski definition) is 3. The Morgan fingerprint density at radius 1 is 1.22 bits per heavy atom. The molecule has 0 fully saturated rings. The topological polar surface area (TPSA) is 94.8 Å². The van der Waals surface area contributed by atoms with Crippen LogP contribution < -0.4 is 0 Å². The van der Waals surface area contributed by atoms with Crippen LogP contribution in [0.3, 0.4) is 0 Å². The zero-order chi connectivity index (χ0) is 14.0. The van der Waals surface area contributed by atoms with E-state index in [9.17, 15) is 18.1 Å². The lowest BCUT2D eigenvalue weighted by Crippen LogP contribution is -2.13. The van der Waals surface area contributed by atoms with Crippen molar-refractivity contribution in [1.82, 2.24) is 0 Å². The Hall–Kier alpha value is -1.56. The summed E-state index contributed by atoms with van der Waals surface area (Å²) in [7, 11) is -5.58. The monoisotopic (exact) mass is 278 g/mol. The van der Waals surface area contributed by atoms with Gasteiger partial charge in [0.25, 0.3) is 0 Å². The van der Waals surface area contributed by atoms with E-state index in [1.807, 2.05) is 0 Å². The lowest BCUT2D eigenvalue weighted by molar-refractivity contribution is -0.131. The van der Waals surface area contributed by atoms with Gasteiger partial charge in [0.2, 0.25) is 0 Å². The highest BCUT2D eigenvalue weighted by atomic mass is 31.2. The van der Waals surface area contributed by atoms with Crippen molar-refractivity contribution < 1.29 is 33.0 Å². The van der Waals surface area contributed by atoms with Crippen LogP contribution in [-0.2, 0) is 15.0 Å². The van der Waals surface area contributed by atoms with Gasteiger partial charge in [0.15, 0.2) is 0 Å². The minimum absolute atomic E-state index is 0.322. The molecule has 3 N–H and O–H groups in total. The Morgan fingerprint density at radius 2 is 1.72 bits per heavy atom. The molecule has 0 aliphatic rings. The van der Waals surface area contributed by atoms with Crippen molar-refractivity contribution in [2.45, 2.75) is 5.66 Å². The van der Waals surface area contributed by atoms with E-state index >= 15 is 0 Å². The highest BCUT2D eigenvalue weighted by Crippen LogP contribution is 2.59. The van der Waals surface area contributed by atoms with Crippen molar-refractivity contribution in [2.24, 2.45) is 0 Å². The Bertz CT molecular complexity index is 518. The van der Waals surface area contributed by atoms with Gasteiger partial charge < -0.3 is 14.9 Å². The SMILES string of the molecule is O=C(O)/C=C/c1ccc(C(F)(F)P(=O)(O)O)cc1. The zero-order valence-electron chi connectivity index (χ0n) is 8.83. The molecule has 8 heteroatoms. The Labute approximate surface area is 101 Å². The molecule has 0 atom stereocenters. The largest absolute Gasteiger partial charge is 0.478 e. The van der Waals surface area contributed by atoms with Crippen molar-refractivity contribution in [3.05, 3.63) is 41.5 Å². The third-order valence-corrected chi connectivity index (χ3v) is 3.03. The van der Waals surface area contributed by atoms with Crippen LogP contribution in [0.2, 0.25) is 0 Å². The molecule has 1 rings (SSSR count). The molecular weight excluding hydrogens is 269 g/mol. The number of hydrogen-bond acceptors (Lipinski definition) is 2. The van der Waals surface area contributed by atoms with Crippen molar-refractivity contribution >= 4 is 19.6 Å². The van der Waals surface area contributed by atoms with Gasteiger partial charge in [-0.05, 0) is 11.6 Å². The molecule has 0 saturated heterocycles. The highest BCUT2D eigenvalue weighted by Gasteiger charge is 2.50. The van der Waals surface area contributed by atoms with Crippen LogP contribution in [-0.4, -0.2) is 20.9 Å². The normalized spacial score (nSPS) is 12.9. The summed E-state index contributed by atoms with van der Waals surface area (Å²) in [4.78, 5) is 27.2. The molecule has 1 aromatic carbocycles. The van der Waals surface area contributed by atoms with Gasteiger partial charge in [0, 0.05) is 11.6 Å². The van der Waals surface area contributed by atoms with Gasteiger partial charge in [-0.1, -0.05) is 24.3 Å². The minimum Gasteiger partial charge on any atom is -0.478 e. The number of rotatable bonds is 4. The summed E-state index contributed by atoms with van der Waals surface area (Å²) in [5.74, 6) is -1.19. The summed E-state index contributed by atoms with van der Waals surface area (Å²) in [6.07, 6.45) is 1.98. The van der Waals surface area contributed by atoms with Gasteiger partial charge >= 0.3 is 19.2 Å². The number of carboxylic acid groups (broad SMARTS) is 1. The second-order valence-corrected chi connectivity index (χ2v) is 5.03. The number of alkyl halides is 2. The smallest absolute Gasteiger partial charge is 0.399 e. The fraction of sp³-hybridized carbons (Fsp3) is 0.100. The molecule has 0 aliphatic heterocycles. The van der Waals surface area contributed by atoms with Crippen LogP contribution in [0.15, 0.2) is 30.3 Å². The predicted octanol–water partition coefficient (Wildman–Crippen LogP) is 2.01. The summed E-state index contributed by atoms with van der Waals surface area (Å²) < 4.78 is 37.1. The predicted molar refractivity (Wildman–Crippen MR) is 59.0 cm³/mol. The standard InChI is InChI=1S/C10H9F2O5P/c11-10(12,18(15,16)17)8-4-1-7(2-5-8)3-6-9(13)14/h1-6H,(H,13,14)(H2,15,16,17)/b6-3+. The first-order valence-corrected chi connectivity index (χ1v) is 6.21. The average molecular weight is 278 g/mol. The van der Waals surface area contributed by atoms with Crippen LogP contribution in [0.4, 0.5) is 8.78 Å². The fourth-order valence-electron chi connectivity index (χ4n) is 1.13. The zero-order valence-corrected chi connectivity index (χ0v) is 9.72. The summed E-state index contributed by atoms with van der Waals surface area (Å²) >= 11 is 0. The third kappa shape index (κ3) is 3.22. The third-order valence-electron chi connectivity index (χ3n) is 2.04. The second kappa shape index (κ2) is 4.97. The molecule has 0 amide bonds. The van der Waals surface area contributed by atoms with E-state index in [0.717, 1.165) is 30.3 Å². The number of carbonyl (C=O) groups is 1. The summed E-state index contributed by atoms with van der Waals surface area (Å²) in [6.45, 7) is 0. The van der Waals surface area contributed by atoms with Gasteiger partial charge in [0.1, 0.15) is 0 Å². The molecule has 18 heavy (non-hydrogen) atoms. The van der Waals surface area contributed by atoms with Gasteiger partial charge in [-0.3, -0.25) is 4.57 Å². The molecule has 0 heterocycles. The van der Waals surface area contributed by atoms with Gasteiger partial charge in [-0.2, -0.15) is 8.78 Å². The lowest BCUT2D eigenvalue weighted by Gasteiger charge is -2.17. The van der Waals surface area contributed by atoms with Gasteiger partial charge in [-0.15, -0.1) is 0 Å². The second-order valence-electron chi connectivity index (χ2n) is 3.38. The number of aliphatic carboxylic acids is 1. The average Bonchev–Trinajstić information content (AvgIpc) is 2.25. The molecule has 0 bridgehead atoms. The maximum Gasteiger partial charge on any atom is 0.399 e. The van der Waals surface area contributed by atoms with Crippen LogP contribution in [0.25, 0.3) is 6.08 Å². The quantitative estimate of drug-likeness (QED) is 0.578. The van der Waals surface area contributed by atoms with Crippen LogP contribution in [0.5, 0.6) is 0 Å². The van der Waals surface area contributed by atoms with Crippen LogP contribution >= 0.6 is 7.60 Å². The first-order chi connectivity index (χ1) is 8.14. The highest BCUT2D eigenvalue weighted by molar-refractivity contribution is 7.52. The van der Waals surface area contributed by atoms with E-state index in [1.165, 1.54) is 6.08 Å². The molecule has 0 aliphatic carbocycles. The van der Waals surface area contributed by atoms with Crippen LogP contribution in [0, 0.1) is 0 Å². The van der Waals surface area contributed by atoms with Gasteiger partial charge in [0.05, 0.1) is 0 Å². The van der Waals surface area contributed by atoms with E-state index in [0.29, 0.717) is 5.56 Å². The first-order valence-electron chi connectivity index (χ1n) is 4.59. The van der Waals surface area contributed by atoms with E-state index in [-0.39, 0.29) is 0 Å². The molecule has 0 saturated carbocycles. The Kier molecular flexibility index (Phi) is 4.01. The van der Waals surface area contributed by atoms with E-state index < -0.39 is 24.8 Å². The van der Waals surface area contributed by atoms with Crippen LogP contribution in [0.1, 0.15) is 11.1 Å². The lowest BCUT2D eigenvalue weighted by atomic mass is 10.1. The molecule has 1 aromatic rings. The molecule has 0 unspecified atom stereocenters. The molecule has 0 radical (unpaired) electrons. The van der Waals surface area contributed by atoms with Crippen molar-refractivity contribution in [1.29, 1.82) is 0 Å². The fourth-order valence-corrected chi connectivity index (χ4v) is 1.62. The first kappa shape index (κ1) is 14.5. The van der Waals surface area contributed by atoms with E-state index in [4.69, 9.17) is 14.9 Å². The molecule has 98 valence electrons. The van der Waals surface area contributed by atoms with Crippen molar-refractivity contribution in [3.63, 3.8) is 0 Å². The molecule has 5 nitrogen and oxygen atoms in total. The molecular formula is C10H9F2O5P. The number of carboxylic acids is 1. The maximum absolute atomic E-state index is 13.2. The summed E-state index contributed by atoms with van der Waals surface area (Å²) in [6, 6.07) is 3.94. The Balaban J connectivity index is 3.03.